The Labute approximate surface area is 664 Å². The molecule has 5 aromatic rings. The van der Waals surface area contributed by atoms with E-state index in [1.807, 2.05) is 6.20 Å². The van der Waals surface area contributed by atoms with Crippen molar-refractivity contribution >= 4 is 128 Å². The van der Waals surface area contributed by atoms with Crippen LogP contribution in [0.3, 0.4) is 0 Å². The van der Waals surface area contributed by atoms with E-state index < -0.39 is 11.9 Å². The zero-order valence-electron chi connectivity index (χ0n) is 62.4. The first kappa shape index (κ1) is 94.9. The monoisotopic (exact) mass is 1600 g/mol. The topological polar surface area (TPSA) is 312 Å². The number of unbranched alkanes of at least 4 members (excludes halogenated alkanes) is 1. The van der Waals surface area contributed by atoms with Crippen LogP contribution >= 0.6 is 68.9 Å². The third-order valence-corrected chi connectivity index (χ3v) is 23.7. The second-order valence-corrected chi connectivity index (χ2v) is 31.8. The van der Waals surface area contributed by atoms with Crippen LogP contribution in [-0.2, 0) is 60.8 Å². The van der Waals surface area contributed by atoms with Gasteiger partial charge in [-0.1, -0.05) is 51.2 Å². The van der Waals surface area contributed by atoms with E-state index in [0.717, 1.165) is 76.9 Å². The van der Waals surface area contributed by atoms with Crippen molar-refractivity contribution in [2.75, 3.05) is 121 Å². The number of terminal acetylenes is 1. The number of carbonyl (C=O) groups is 8. The molecule has 30 heteroatoms. The van der Waals surface area contributed by atoms with E-state index in [1.165, 1.54) is 76.4 Å². The minimum atomic E-state index is -0.829. The first-order valence-electron chi connectivity index (χ1n) is 36.6. The molecular weight excluding hydrogens is 1490 g/mol. The van der Waals surface area contributed by atoms with E-state index in [0.29, 0.717) is 127 Å². The average molecular weight is 1610 g/mol. The van der Waals surface area contributed by atoms with Gasteiger partial charge in [-0.05, 0) is 172 Å². The largest absolute Gasteiger partial charge is 0.481 e. The Kier molecular flexibility index (Phi) is 48.4. The third kappa shape index (κ3) is 36.5. The van der Waals surface area contributed by atoms with Crippen LogP contribution in [0.5, 0.6) is 0 Å². The molecule has 0 unspecified atom stereocenters. The number of aryl methyl sites for hydroxylation is 5. The number of aliphatic carboxylic acids is 2. The molecule has 0 bridgehead atoms. The van der Waals surface area contributed by atoms with E-state index in [1.54, 1.807) is 73.7 Å². The van der Waals surface area contributed by atoms with Gasteiger partial charge in [0, 0.05) is 162 Å². The van der Waals surface area contributed by atoms with Crippen molar-refractivity contribution in [1.29, 1.82) is 0 Å². The number of nitrogens with zero attached hydrogens (tertiary/aromatic N) is 10. The van der Waals surface area contributed by atoms with Crippen LogP contribution in [0.4, 0.5) is 0 Å². The highest BCUT2D eigenvalue weighted by atomic mass is 32.2. The van der Waals surface area contributed by atoms with Crippen LogP contribution < -0.4 is 10.6 Å². The highest BCUT2D eigenvalue weighted by Crippen LogP contribution is 2.37. The number of piperidine rings is 2. The predicted molar refractivity (Wildman–Crippen MR) is 442 cm³/mol. The molecule has 7 rings (SSSR count). The number of hydrogen-bond acceptors (Lipinski definition) is 21. The standard InChI is InChI=1S/C38H54N6O6S3.C22H28N4O2S2.C16H26N2O4S.2CH4/c1-4-34(46)43(20-25-51-22-14-35(47)48)18-15-39-33(45)11-5-9-31-27-44(41-40-31)19-21-50-38(49)30-8-6-16-42(26-30)17-7-10-32(36-28(2)12-23-52-36)37-29(3)13-24-53-37;1-16-7-13-29-20(16)19(21-17(2)8-14-30-21)6-4-11-26-10-3-5-18(15-26)22(27)28-12-9-24-25-23;1-3-5-6-7-14(19)17-9-10-18(15(20)4-2)11-13-23-12-8-16(21)22;;/h10,12-13,23-24,27,30H,4-9,11,14-22,25-26H2,1-3H3,(H,39,45)(H,47,48);6-8,13-14,18H,3-5,9-12,15H2,1-2H3;1H,4-13H2,2H3,(H,17,19)(H,21,22);2*1H4/t30-;18-;;;/m11.../s1. The molecule has 2 saturated heterocycles. The zero-order chi connectivity index (χ0) is 76.9. The van der Waals surface area contributed by atoms with Crippen LogP contribution in [0.1, 0.15) is 172 Å². The molecule has 2 aliphatic heterocycles. The molecule has 0 radical (unpaired) electrons. The third-order valence-electron chi connectivity index (χ3n) is 17.6. The molecule has 108 heavy (non-hydrogen) atoms. The molecule has 5 aromatic heterocycles. The first-order valence-corrected chi connectivity index (χ1v) is 42.5. The number of aromatic nitrogens is 3. The fourth-order valence-corrected chi connectivity index (χ4v) is 17.6. The molecule has 0 aromatic carbocycles. The summed E-state index contributed by atoms with van der Waals surface area (Å²) in [6.45, 7) is 21.3. The van der Waals surface area contributed by atoms with Crippen molar-refractivity contribution < 1.29 is 58.0 Å². The maximum absolute atomic E-state index is 13.0. The van der Waals surface area contributed by atoms with E-state index >= 15 is 0 Å². The van der Waals surface area contributed by atoms with Gasteiger partial charge in [-0.25, -0.2) is 4.68 Å². The normalized spacial score (nSPS) is 13.9. The first-order chi connectivity index (χ1) is 51.2. The Hall–Kier alpha value is -7.33. The van der Waals surface area contributed by atoms with E-state index in [9.17, 15) is 38.4 Å². The Morgan fingerprint density at radius 3 is 1.48 bits per heavy atom. The summed E-state index contributed by atoms with van der Waals surface area (Å²) in [6, 6.07) is 8.72. The fraction of sp³-hybridized carbons (Fsp3) is 0.590. The van der Waals surface area contributed by atoms with Crippen molar-refractivity contribution in [1.82, 2.24) is 45.2 Å². The number of rotatable bonds is 45. The van der Waals surface area contributed by atoms with Crippen molar-refractivity contribution in [3.63, 3.8) is 0 Å². The van der Waals surface area contributed by atoms with Gasteiger partial charge in [-0.3, -0.25) is 38.4 Å². The van der Waals surface area contributed by atoms with E-state index in [4.69, 9.17) is 31.6 Å². The summed E-state index contributed by atoms with van der Waals surface area (Å²) in [5.41, 5.74) is 17.0. The highest BCUT2D eigenvalue weighted by molar-refractivity contribution is 7.99. The number of azide groups is 1. The van der Waals surface area contributed by atoms with Gasteiger partial charge in [0.25, 0.3) is 0 Å². The summed E-state index contributed by atoms with van der Waals surface area (Å²) >= 11 is 10.2. The van der Waals surface area contributed by atoms with Crippen molar-refractivity contribution in [2.45, 2.75) is 166 Å². The highest BCUT2D eigenvalue weighted by Gasteiger charge is 2.29. The van der Waals surface area contributed by atoms with Gasteiger partial charge in [-0.15, -0.1) is 62.8 Å². The number of esters is 2. The van der Waals surface area contributed by atoms with Crippen LogP contribution in [-0.4, -0.2) is 214 Å². The Morgan fingerprint density at radius 1 is 0.648 bits per heavy atom. The summed E-state index contributed by atoms with van der Waals surface area (Å²) in [7, 11) is 0. The number of ether oxygens (including phenoxy) is 2. The number of likely N-dealkylation sites (tertiary alicyclic amines) is 2. The van der Waals surface area contributed by atoms with Gasteiger partial charge in [0.05, 0.1) is 50.1 Å². The lowest BCUT2D eigenvalue weighted by Crippen LogP contribution is -2.39. The number of thioether (sulfide) groups is 2. The lowest BCUT2D eigenvalue weighted by atomic mass is 9.98. The van der Waals surface area contributed by atoms with Gasteiger partial charge in [0.1, 0.15) is 6.61 Å². The van der Waals surface area contributed by atoms with E-state index in [-0.39, 0.29) is 94.9 Å². The molecule has 4 amide bonds. The number of carboxylic acids is 2. The number of carboxylic acid groups (broad SMARTS) is 2. The van der Waals surface area contributed by atoms with Crippen molar-refractivity contribution in [3.05, 3.63) is 122 Å². The molecular formula is C78H116N12O12S6. The van der Waals surface area contributed by atoms with E-state index in [2.05, 4.69) is 132 Å². The second kappa shape index (κ2) is 55.1. The number of carbonyl (C=O) groups excluding carboxylic acids is 6. The number of nitrogens with one attached hydrogen (secondary N) is 2. The number of hydrogen-bond donors (Lipinski definition) is 4. The van der Waals surface area contributed by atoms with Crippen LogP contribution in [0.25, 0.3) is 21.6 Å². The summed E-state index contributed by atoms with van der Waals surface area (Å²) in [5, 5.41) is 43.4. The summed E-state index contributed by atoms with van der Waals surface area (Å²) in [6.07, 6.45) is 21.4. The molecule has 24 nitrogen and oxygen atoms in total. The maximum atomic E-state index is 13.0. The Balaban J connectivity index is 0.000000464. The molecule has 0 spiro atoms. The Bertz CT molecular complexity index is 3600. The van der Waals surface area contributed by atoms with Gasteiger partial charge >= 0.3 is 23.9 Å². The molecule has 0 aliphatic carbocycles. The predicted octanol–water partition coefficient (Wildman–Crippen LogP) is 14.1. The lowest BCUT2D eigenvalue weighted by Gasteiger charge is -2.31. The van der Waals surface area contributed by atoms with Gasteiger partial charge in [0.15, 0.2) is 0 Å². The van der Waals surface area contributed by atoms with Gasteiger partial charge < -0.3 is 49.9 Å². The minimum absolute atomic E-state index is 0. The summed E-state index contributed by atoms with van der Waals surface area (Å²) < 4.78 is 12.6. The smallest absolute Gasteiger partial charge is 0.310 e. The van der Waals surface area contributed by atoms with Crippen LogP contribution in [0.2, 0.25) is 0 Å². The average Bonchev–Trinajstić information content (AvgIpc) is 1.68. The van der Waals surface area contributed by atoms with Crippen molar-refractivity contribution in [2.24, 2.45) is 17.0 Å². The number of thiophene rings is 4. The quantitative estimate of drug-likeness (QED) is 0.00703. The zero-order valence-corrected chi connectivity index (χ0v) is 67.3. The summed E-state index contributed by atoms with van der Waals surface area (Å²) in [4.78, 5) is 111. The molecule has 2 aliphatic rings. The number of amides is 4. The van der Waals surface area contributed by atoms with Crippen LogP contribution in [0, 0.1) is 51.9 Å². The van der Waals surface area contributed by atoms with Gasteiger partial charge in [-0.2, -0.15) is 23.5 Å². The van der Waals surface area contributed by atoms with Crippen molar-refractivity contribution in [3.8, 4) is 12.3 Å². The summed E-state index contributed by atoms with van der Waals surface area (Å²) in [5.74, 6) is 2.58. The molecule has 2 fully saturated rings. The molecule has 2 atom stereocenters. The SMILES string of the molecule is C.C.C#CCCCC(=O)NCCN(CCSCCC(=O)O)C(=O)CC.CCC(=O)N(CCNC(=O)CCCc1cn(CCOC(=O)[C@@H]2CCCN(CCC=C(c3sccc3C)c3sccc3C)C2)nn1)CCSCCC(=O)O.Cc1ccsc1C(=CCCN1CCC[C@@H](C(=O)OCCN=[N+]=[N-])C1)c1sccc1C. The lowest BCUT2D eigenvalue weighted by molar-refractivity contribution is -0.151. The molecule has 7 heterocycles. The second-order valence-electron chi connectivity index (χ2n) is 25.7. The molecule has 4 N–H and O–H groups in total. The fourth-order valence-electron chi connectivity index (χ4n) is 11.8. The molecule has 0 saturated carbocycles. The minimum Gasteiger partial charge on any atom is -0.481 e. The molecule has 596 valence electrons. The van der Waals surface area contributed by atoms with Gasteiger partial charge in [0.2, 0.25) is 23.6 Å². The Morgan fingerprint density at radius 2 is 1.08 bits per heavy atom. The van der Waals surface area contributed by atoms with Crippen LogP contribution in [0.15, 0.2) is 69.2 Å². The maximum Gasteiger partial charge on any atom is 0.310 e.